The van der Waals surface area contributed by atoms with E-state index in [1.807, 2.05) is 6.92 Å². The molecule has 1 atom stereocenters. The second-order valence-corrected chi connectivity index (χ2v) is 6.15. The third kappa shape index (κ3) is 3.63. The van der Waals surface area contributed by atoms with E-state index in [0.29, 0.717) is 23.1 Å². The van der Waals surface area contributed by atoms with Gasteiger partial charge in [0, 0.05) is 19.6 Å². The second-order valence-electron chi connectivity index (χ2n) is 5.15. The Morgan fingerprint density at radius 3 is 2.95 bits per heavy atom. The van der Waals surface area contributed by atoms with Crippen molar-refractivity contribution in [3.63, 3.8) is 0 Å². The molecular weight excluding hydrogens is 290 g/mol. The largest absolute Gasteiger partial charge is 0.382 e. The van der Waals surface area contributed by atoms with Crippen LogP contribution < -0.4 is 16.8 Å². The number of carbonyl (C=O) groups is 2. The Kier molecular flexibility index (Phi) is 5.00. The molecule has 1 aliphatic rings. The molecule has 2 heterocycles. The molecule has 5 N–H and O–H groups in total. The molecule has 0 saturated carbocycles. The summed E-state index contributed by atoms with van der Waals surface area (Å²) >= 11 is 1.26. The van der Waals surface area contributed by atoms with Crippen LogP contribution in [0.5, 0.6) is 0 Å². The molecule has 7 nitrogen and oxygen atoms in total. The van der Waals surface area contributed by atoms with E-state index in [-0.39, 0.29) is 23.6 Å². The molecule has 1 aliphatic heterocycles. The Hall–Kier alpha value is -1.83. The van der Waals surface area contributed by atoms with Gasteiger partial charge in [0.1, 0.15) is 10.7 Å². The van der Waals surface area contributed by atoms with Gasteiger partial charge in [-0.3, -0.25) is 9.59 Å². The van der Waals surface area contributed by atoms with E-state index in [1.54, 1.807) is 4.90 Å². The summed E-state index contributed by atoms with van der Waals surface area (Å²) in [6.07, 6.45) is 2.48. The summed E-state index contributed by atoms with van der Waals surface area (Å²) in [6, 6.07) is 0. The molecule has 1 fully saturated rings. The number of carbonyl (C=O) groups excluding carboxylic acids is 2. The SMILES string of the molecule is CCCNc1nc(N)c(C(=O)N2CCCC(C(N)=O)C2)s1. The Bertz CT molecular complexity index is 531. The normalized spacial score (nSPS) is 18.5. The molecule has 21 heavy (non-hydrogen) atoms. The van der Waals surface area contributed by atoms with E-state index < -0.39 is 0 Å². The minimum atomic E-state index is -0.352. The van der Waals surface area contributed by atoms with Crippen LogP contribution in [0.25, 0.3) is 0 Å². The smallest absolute Gasteiger partial charge is 0.267 e. The van der Waals surface area contributed by atoms with Crippen molar-refractivity contribution in [1.82, 2.24) is 9.88 Å². The number of hydrogen-bond acceptors (Lipinski definition) is 6. The van der Waals surface area contributed by atoms with Crippen molar-refractivity contribution in [1.29, 1.82) is 0 Å². The number of nitrogens with one attached hydrogen (secondary N) is 1. The lowest BCUT2D eigenvalue weighted by molar-refractivity contribution is -0.123. The summed E-state index contributed by atoms with van der Waals surface area (Å²) in [6.45, 7) is 3.82. The maximum atomic E-state index is 12.5. The van der Waals surface area contributed by atoms with Gasteiger partial charge in [0.15, 0.2) is 5.13 Å². The van der Waals surface area contributed by atoms with Crippen LogP contribution in [0.1, 0.15) is 35.9 Å². The van der Waals surface area contributed by atoms with Gasteiger partial charge in [-0.2, -0.15) is 0 Å². The van der Waals surface area contributed by atoms with Gasteiger partial charge in [-0.05, 0) is 19.3 Å². The zero-order valence-electron chi connectivity index (χ0n) is 12.1. The predicted octanol–water partition coefficient (Wildman–Crippen LogP) is 0.885. The Morgan fingerprint density at radius 1 is 1.52 bits per heavy atom. The highest BCUT2D eigenvalue weighted by Crippen LogP contribution is 2.28. The van der Waals surface area contributed by atoms with Crippen LogP contribution in [0.3, 0.4) is 0 Å². The van der Waals surface area contributed by atoms with E-state index in [9.17, 15) is 9.59 Å². The third-order valence-corrected chi connectivity index (χ3v) is 4.50. The highest BCUT2D eigenvalue weighted by atomic mass is 32.1. The highest BCUT2D eigenvalue weighted by molar-refractivity contribution is 7.18. The number of nitrogen functional groups attached to an aromatic ring is 1. The zero-order chi connectivity index (χ0) is 15.4. The minimum absolute atomic E-state index is 0.166. The van der Waals surface area contributed by atoms with E-state index in [1.165, 1.54) is 11.3 Å². The molecule has 0 spiro atoms. The van der Waals surface area contributed by atoms with Crippen LogP contribution in [-0.2, 0) is 4.79 Å². The standard InChI is InChI=1S/C13H21N5O2S/c1-2-5-16-13-17-10(14)9(21-13)12(20)18-6-3-4-8(7-18)11(15)19/h8H,2-7,14H2,1H3,(H2,15,19)(H,16,17). The first-order valence-corrected chi connectivity index (χ1v) is 7.93. The molecule has 0 aliphatic carbocycles. The van der Waals surface area contributed by atoms with Crippen molar-refractivity contribution in [2.24, 2.45) is 11.7 Å². The first-order valence-electron chi connectivity index (χ1n) is 7.11. The van der Waals surface area contributed by atoms with Crippen LogP contribution in [0.2, 0.25) is 0 Å². The van der Waals surface area contributed by atoms with E-state index in [2.05, 4.69) is 10.3 Å². The summed E-state index contributed by atoms with van der Waals surface area (Å²) in [5.41, 5.74) is 11.2. The summed E-state index contributed by atoms with van der Waals surface area (Å²) in [7, 11) is 0. The Balaban J connectivity index is 2.08. The van der Waals surface area contributed by atoms with Gasteiger partial charge >= 0.3 is 0 Å². The number of nitrogens with zero attached hydrogens (tertiary/aromatic N) is 2. The molecule has 2 rings (SSSR count). The van der Waals surface area contributed by atoms with Gasteiger partial charge in [0.2, 0.25) is 5.91 Å². The summed E-state index contributed by atoms with van der Waals surface area (Å²) in [5, 5.41) is 3.78. The molecule has 116 valence electrons. The minimum Gasteiger partial charge on any atom is -0.382 e. The maximum Gasteiger partial charge on any atom is 0.267 e. The zero-order valence-corrected chi connectivity index (χ0v) is 12.9. The monoisotopic (exact) mass is 311 g/mol. The van der Waals surface area contributed by atoms with Gasteiger partial charge in [-0.15, -0.1) is 0 Å². The van der Waals surface area contributed by atoms with E-state index in [0.717, 1.165) is 25.8 Å². The van der Waals surface area contributed by atoms with Gasteiger partial charge < -0.3 is 21.7 Å². The van der Waals surface area contributed by atoms with Crippen molar-refractivity contribution in [3.8, 4) is 0 Å². The van der Waals surface area contributed by atoms with Crippen molar-refractivity contribution in [3.05, 3.63) is 4.88 Å². The lowest BCUT2D eigenvalue weighted by Crippen LogP contribution is -2.44. The molecule has 0 bridgehead atoms. The number of aromatic nitrogens is 1. The summed E-state index contributed by atoms with van der Waals surface area (Å²) in [4.78, 5) is 30.0. The van der Waals surface area contributed by atoms with Crippen LogP contribution in [0.15, 0.2) is 0 Å². The van der Waals surface area contributed by atoms with Gasteiger partial charge in [0.25, 0.3) is 5.91 Å². The Labute approximate surface area is 127 Å². The first-order chi connectivity index (χ1) is 10.0. The number of thiazole rings is 1. The van der Waals surface area contributed by atoms with E-state index in [4.69, 9.17) is 11.5 Å². The number of piperidine rings is 1. The first kappa shape index (κ1) is 15.6. The Morgan fingerprint density at radius 2 is 2.29 bits per heavy atom. The number of rotatable bonds is 5. The van der Waals surface area contributed by atoms with Gasteiger partial charge in [-0.25, -0.2) is 4.98 Å². The maximum absolute atomic E-state index is 12.5. The van der Waals surface area contributed by atoms with Crippen LogP contribution in [0.4, 0.5) is 10.9 Å². The number of likely N-dealkylation sites (tertiary alicyclic amines) is 1. The van der Waals surface area contributed by atoms with Crippen molar-refractivity contribution < 1.29 is 9.59 Å². The number of primary amides is 1. The van der Waals surface area contributed by atoms with Gasteiger partial charge in [0.05, 0.1) is 5.92 Å². The fraction of sp³-hybridized carbons (Fsp3) is 0.615. The highest BCUT2D eigenvalue weighted by Gasteiger charge is 2.29. The molecule has 0 radical (unpaired) electrons. The molecule has 8 heteroatoms. The quantitative estimate of drug-likeness (QED) is 0.747. The number of amides is 2. The molecule has 0 aromatic carbocycles. The average molecular weight is 311 g/mol. The lowest BCUT2D eigenvalue weighted by atomic mass is 9.97. The van der Waals surface area contributed by atoms with Crippen LogP contribution in [-0.4, -0.2) is 41.3 Å². The summed E-state index contributed by atoms with van der Waals surface area (Å²) < 4.78 is 0. The number of nitrogens with two attached hydrogens (primary N) is 2. The average Bonchev–Trinajstić information content (AvgIpc) is 2.85. The van der Waals surface area contributed by atoms with Crippen molar-refractivity contribution in [2.75, 3.05) is 30.7 Å². The predicted molar refractivity (Wildman–Crippen MR) is 83.1 cm³/mol. The lowest BCUT2D eigenvalue weighted by Gasteiger charge is -2.30. The van der Waals surface area contributed by atoms with Crippen molar-refractivity contribution >= 4 is 34.1 Å². The molecule has 1 unspecified atom stereocenters. The number of hydrogen-bond donors (Lipinski definition) is 3. The molecular formula is C13H21N5O2S. The molecule has 1 saturated heterocycles. The topological polar surface area (TPSA) is 114 Å². The van der Waals surface area contributed by atoms with Crippen molar-refractivity contribution in [2.45, 2.75) is 26.2 Å². The molecule has 1 aromatic heterocycles. The fourth-order valence-electron chi connectivity index (χ4n) is 2.33. The van der Waals surface area contributed by atoms with Crippen LogP contribution >= 0.6 is 11.3 Å². The molecule has 2 amide bonds. The third-order valence-electron chi connectivity index (χ3n) is 3.48. The van der Waals surface area contributed by atoms with Gasteiger partial charge in [-0.1, -0.05) is 18.3 Å². The summed E-state index contributed by atoms with van der Waals surface area (Å²) in [5.74, 6) is -0.546. The number of anilines is 2. The van der Waals surface area contributed by atoms with E-state index >= 15 is 0 Å². The van der Waals surface area contributed by atoms with Crippen LogP contribution in [0, 0.1) is 5.92 Å². The fourth-order valence-corrected chi connectivity index (χ4v) is 3.21. The second kappa shape index (κ2) is 6.75. The molecule has 1 aromatic rings.